The lowest BCUT2D eigenvalue weighted by Crippen LogP contribution is -2.10. The van der Waals surface area contributed by atoms with Crippen molar-refractivity contribution in [2.24, 2.45) is 0 Å². The molecule has 0 atom stereocenters. The van der Waals surface area contributed by atoms with Crippen molar-refractivity contribution in [1.29, 1.82) is 0 Å². The zero-order valence-corrected chi connectivity index (χ0v) is 12.3. The molecule has 1 heterocycles. The lowest BCUT2D eigenvalue weighted by molar-refractivity contribution is 0.0461. The first-order valence-corrected chi connectivity index (χ1v) is 6.65. The van der Waals surface area contributed by atoms with Gasteiger partial charge in [-0.1, -0.05) is 0 Å². The number of ether oxygens (including phenoxy) is 1. The molecular formula is C15H18FN3O2. The number of nitrogens with two attached hydrogens (primary N) is 1. The van der Waals surface area contributed by atoms with Crippen LogP contribution in [-0.2, 0) is 11.3 Å². The van der Waals surface area contributed by atoms with E-state index < -0.39 is 11.8 Å². The highest BCUT2D eigenvalue weighted by Crippen LogP contribution is 2.18. The molecule has 112 valence electrons. The standard InChI is InChI=1S/C15H18FN3O2/c1-9(2)19-5-4-12(18-19)8-21-15(20)13-7-11(17)6-10(3)14(13)16/h4-7,9H,8,17H2,1-3H3. The number of carbonyl (C=O) groups excluding carboxylic acids is 1. The molecule has 0 radical (unpaired) electrons. The van der Waals surface area contributed by atoms with Crippen molar-refractivity contribution in [1.82, 2.24) is 9.78 Å². The van der Waals surface area contributed by atoms with Gasteiger partial charge in [-0.3, -0.25) is 4.68 Å². The second-order valence-electron chi connectivity index (χ2n) is 5.16. The first-order chi connectivity index (χ1) is 9.88. The summed E-state index contributed by atoms with van der Waals surface area (Å²) >= 11 is 0. The minimum atomic E-state index is -0.748. The monoisotopic (exact) mass is 291 g/mol. The van der Waals surface area contributed by atoms with Crippen LogP contribution in [0.3, 0.4) is 0 Å². The summed E-state index contributed by atoms with van der Waals surface area (Å²) in [6.45, 7) is 5.53. The van der Waals surface area contributed by atoms with E-state index in [2.05, 4.69) is 5.10 Å². The summed E-state index contributed by atoms with van der Waals surface area (Å²) in [7, 11) is 0. The van der Waals surface area contributed by atoms with Gasteiger partial charge in [-0.15, -0.1) is 0 Å². The van der Waals surface area contributed by atoms with E-state index in [9.17, 15) is 9.18 Å². The maximum Gasteiger partial charge on any atom is 0.341 e. The molecule has 0 unspecified atom stereocenters. The number of halogens is 1. The van der Waals surface area contributed by atoms with Gasteiger partial charge in [0.1, 0.15) is 12.4 Å². The Labute approximate surface area is 122 Å². The Morgan fingerprint density at radius 2 is 2.19 bits per heavy atom. The van der Waals surface area contributed by atoms with Crippen molar-refractivity contribution >= 4 is 11.7 Å². The second-order valence-corrected chi connectivity index (χ2v) is 5.16. The van der Waals surface area contributed by atoms with Crippen molar-refractivity contribution in [3.05, 3.63) is 47.0 Å². The molecule has 2 N–H and O–H groups in total. The molecule has 1 aromatic carbocycles. The maximum atomic E-state index is 13.9. The number of aromatic nitrogens is 2. The maximum absolute atomic E-state index is 13.9. The number of rotatable bonds is 4. The molecule has 0 aliphatic carbocycles. The quantitative estimate of drug-likeness (QED) is 0.694. The van der Waals surface area contributed by atoms with Gasteiger partial charge in [0.15, 0.2) is 0 Å². The molecule has 0 amide bonds. The summed E-state index contributed by atoms with van der Waals surface area (Å²) in [5, 5.41) is 4.25. The summed E-state index contributed by atoms with van der Waals surface area (Å²) in [4.78, 5) is 11.9. The van der Waals surface area contributed by atoms with Crippen LogP contribution in [0.1, 0.15) is 41.5 Å². The van der Waals surface area contributed by atoms with Crippen LogP contribution in [-0.4, -0.2) is 15.7 Å². The summed E-state index contributed by atoms with van der Waals surface area (Å²) in [6.07, 6.45) is 1.80. The van der Waals surface area contributed by atoms with Gasteiger partial charge in [-0.25, -0.2) is 9.18 Å². The number of aryl methyl sites for hydroxylation is 1. The molecule has 0 fully saturated rings. The first kappa shape index (κ1) is 15.0. The van der Waals surface area contributed by atoms with Crippen LogP contribution in [0.4, 0.5) is 10.1 Å². The number of nitrogens with zero attached hydrogens (tertiary/aromatic N) is 2. The Morgan fingerprint density at radius 3 is 2.81 bits per heavy atom. The molecule has 0 aliphatic heterocycles. The Kier molecular flexibility index (Phi) is 4.26. The zero-order valence-electron chi connectivity index (χ0n) is 12.3. The molecule has 0 spiro atoms. The number of anilines is 1. The van der Waals surface area contributed by atoms with Crippen LogP contribution < -0.4 is 5.73 Å². The fraction of sp³-hybridized carbons (Fsp3) is 0.333. The van der Waals surface area contributed by atoms with E-state index >= 15 is 0 Å². The van der Waals surface area contributed by atoms with Crippen LogP contribution in [0.2, 0.25) is 0 Å². The normalized spacial score (nSPS) is 10.9. The summed E-state index contributed by atoms with van der Waals surface area (Å²) < 4.78 is 20.7. The molecule has 2 aromatic rings. The Bertz CT molecular complexity index is 665. The first-order valence-electron chi connectivity index (χ1n) is 6.65. The van der Waals surface area contributed by atoms with Gasteiger partial charge < -0.3 is 10.5 Å². The van der Waals surface area contributed by atoms with Crippen LogP contribution in [0, 0.1) is 12.7 Å². The molecule has 2 rings (SSSR count). The third-order valence-corrected chi connectivity index (χ3v) is 3.04. The Balaban J connectivity index is 2.08. The summed E-state index contributed by atoms with van der Waals surface area (Å²) in [5.74, 6) is -1.36. The van der Waals surface area contributed by atoms with E-state index in [1.54, 1.807) is 23.9 Å². The van der Waals surface area contributed by atoms with E-state index in [0.29, 0.717) is 16.9 Å². The molecule has 6 heteroatoms. The van der Waals surface area contributed by atoms with Gasteiger partial charge in [0.05, 0.1) is 11.3 Å². The smallest absolute Gasteiger partial charge is 0.341 e. The topological polar surface area (TPSA) is 70.1 Å². The summed E-state index contributed by atoms with van der Waals surface area (Å²) in [6, 6.07) is 4.73. The van der Waals surface area contributed by atoms with Crippen molar-refractivity contribution in [2.45, 2.75) is 33.4 Å². The minimum absolute atomic E-state index is 0.00810. The van der Waals surface area contributed by atoms with Crippen LogP contribution in [0.25, 0.3) is 0 Å². The van der Waals surface area contributed by atoms with E-state index in [0.717, 1.165) is 0 Å². The molecule has 5 nitrogen and oxygen atoms in total. The van der Waals surface area contributed by atoms with E-state index in [1.807, 2.05) is 13.8 Å². The second kappa shape index (κ2) is 5.95. The van der Waals surface area contributed by atoms with E-state index in [4.69, 9.17) is 10.5 Å². The molecular weight excluding hydrogens is 273 g/mol. The minimum Gasteiger partial charge on any atom is -0.455 e. The average molecular weight is 291 g/mol. The Morgan fingerprint density at radius 1 is 1.48 bits per heavy atom. The average Bonchev–Trinajstić information content (AvgIpc) is 2.89. The lowest BCUT2D eigenvalue weighted by Gasteiger charge is -2.07. The fourth-order valence-corrected chi connectivity index (χ4v) is 1.91. The fourth-order valence-electron chi connectivity index (χ4n) is 1.91. The van der Waals surface area contributed by atoms with Crippen molar-refractivity contribution in [3.8, 4) is 0 Å². The van der Waals surface area contributed by atoms with Gasteiger partial charge in [-0.05, 0) is 44.5 Å². The molecule has 21 heavy (non-hydrogen) atoms. The van der Waals surface area contributed by atoms with Crippen LogP contribution >= 0.6 is 0 Å². The molecule has 1 aromatic heterocycles. The predicted molar refractivity (Wildman–Crippen MR) is 77.3 cm³/mol. The van der Waals surface area contributed by atoms with Crippen molar-refractivity contribution in [2.75, 3.05) is 5.73 Å². The molecule has 0 saturated heterocycles. The van der Waals surface area contributed by atoms with E-state index in [1.165, 1.54) is 12.1 Å². The van der Waals surface area contributed by atoms with Gasteiger partial charge in [-0.2, -0.15) is 5.10 Å². The highest BCUT2D eigenvalue weighted by atomic mass is 19.1. The van der Waals surface area contributed by atoms with Crippen molar-refractivity contribution < 1.29 is 13.9 Å². The van der Waals surface area contributed by atoms with Gasteiger partial charge >= 0.3 is 5.97 Å². The van der Waals surface area contributed by atoms with Crippen LogP contribution in [0.15, 0.2) is 24.4 Å². The van der Waals surface area contributed by atoms with Crippen LogP contribution in [0.5, 0.6) is 0 Å². The number of carbonyl (C=O) groups is 1. The number of esters is 1. The molecule has 0 saturated carbocycles. The van der Waals surface area contributed by atoms with E-state index in [-0.39, 0.29) is 18.2 Å². The van der Waals surface area contributed by atoms with Gasteiger partial charge in [0.25, 0.3) is 0 Å². The number of hydrogen-bond donors (Lipinski definition) is 1. The van der Waals surface area contributed by atoms with Gasteiger partial charge in [0.2, 0.25) is 0 Å². The SMILES string of the molecule is Cc1cc(N)cc(C(=O)OCc2ccn(C(C)C)n2)c1F. The lowest BCUT2D eigenvalue weighted by atomic mass is 10.1. The molecule has 0 aliphatic rings. The number of benzene rings is 1. The number of hydrogen-bond acceptors (Lipinski definition) is 4. The Hall–Kier alpha value is -2.37. The number of nitrogen functional groups attached to an aromatic ring is 1. The van der Waals surface area contributed by atoms with Gasteiger partial charge in [0, 0.05) is 17.9 Å². The third-order valence-electron chi connectivity index (χ3n) is 3.04. The molecule has 0 bridgehead atoms. The highest BCUT2D eigenvalue weighted by Gasteiger charge is 2.16. The third kappa shape index (κ3) is 3.39. The summed E-state index contributed by atoms with van der Waals surface area (Å²) in [5.41, 5.74) is 6.71. The zero-order chi connectivity index (χ0) is 15.6. The largest absolute Gasteiger partial charge is 0.455 e. The van der Waals surface area contributed by atoms with Crippen molar-refractivity contribution in [3.63, 3.8) is 0 Å². The predicted octanol–water partition coefficient (Wildman–Crippen LogP) is 2.85. The highest BCUT2D eigenvalue weighted by molar-refractivity contribution is 5.91.